The first-order valence-corrected chi connectivity index (χ1v) is 6.64. The molecule has 0 amide bonds. The molecule has 3 aromatic rings. The first-order chi connectivity index (χ1) is 10.1. The van der Waals surface area contributed by atoms with Crippen LogP contribution in [0.5, 0.6) is 0 Å². The molecule has 0 aliphatic rings. The number of nitrogens with zero attached hydrogens (tertiary/aromatic N) is 3. The third kappa shape index (κ3) is 2.38. The quantitative estimate of drug-likeness (QED) is 0.805. The van der Waals surface area contributed by atoms with Crippen LogP contribution < -0.4 is 5.73 Å². The van der Waals surface area contributed by atoms with Crippen LogP contribution in [-0.4, -0.2) is 14.5 Å². The van der Waals surface area contributed by atoms with Crippen molar-refractivity contribution in [3.8, 4) is 5.69 Å². The standard InChI is InChI=1S/C15H14F2N4/c1-2-12(18)15-20-13-4-3-9(16)6-14(13)21(15)11-5-10(17)7-19-8-11/h3-8,12H,2,18H2,1H3. The Kier molecular flexibility index (Phi) is 3.39. The molecule has 108 valence electrons. The Labute approximate surface area is 120 Å². The van der Waals surface area contributed by atoms with Crippen molar-refractivity contribution >= 4 is 11.0 Å². The van der Waals surface area contributed by atoms with Gasteiger partial charge in [0.05, 0.1) is 35.2 Å². The van der Waals surface area contributed by atoms with Crippen LogP contribution in [0.1, 0.15) is 25.2 Å². The van der Waals surface area contributed by atoms with Gasteiger partial charge in [-0.25, -0.2) is 13.8 Å². The minimum Gasteiger partial charge on any atom is -0.321 e. The van der Waals surface area contributed by atoms with Gasteiger partial charge in [0.25, 0.3) is 0 Å². The zero-order valence-electron chi connectivity index (χ0n) is 11.4. The maximum absolute atomic E-state index is 13.5. The summed E-state index contributed by atoms with van der Waals surface area (Å²) in [7, 11) is 0. The highest BCUT2D eigenvalue weighted by Gasteiger charge is 2.18. The predicted molar refractivity (Wildman–Crippen MR) is 76.0 cm³/mol. The number of aromatic nitrogens is 3. The molecular formula is C15H14F2N4. The Balaban J connectivity index is 2.33. The third-order valence-electron chi connectivity index (χ3n) is 3.36. The van der Waals surface area contributed by atoms with Crippen LogP contribution in [0.4, 0.5) is 8.78 Å². The van der Waals surface area contributed by atoms with Gasteiger partial charge in [-0.1, -0.05) is 6.92 Å². The van der Waals surface area contributed by atoms with Crippen molar-refractivity contribution in [3.63, 3.8) is 0 Å². The van der Waals surface area contributed by atoms with Gasteiger partial charge in [-0.3, -0.25) is 9.55 Å². The summed E-state index contributed by atoms with van der Waals surface area (Å²) >= 11 is 0. The second kappa shape index (κ2) is 5.21. The van der Waals surface area contributed by atoms with E-state index in [1.165, 1.54) is 24.4 Å². The zero-order valence-corrected chi connectivity index (χ0v) is 11.4. The second-order valence-corrected chi connectivity index (χ2v) is 4.81. The summed E-state index contributed by atoms with van der Waals surface area (Å²) in [5.41, 5.74) is 7.71. The first-order valence-electron chi connectivity index (χ1n) is 6.64. The molecule has 2 aromatic heterocycles. The highest BCUT2D eigenvalue weighted by Crippen LogP contribution is 2.26. The summed E-state index contributed by atoms with van der Waals surface area (Å²) in [6.07, 6.45) is 3.28. The first kappa shape index (κ1) is 13.6. The number of hydrogen-bond donors (Lipinski definition) is 1. The van der Waals surface area contributed by atoms with Crippen LogP contribution in [-0.2, 0) is 0 Å². The number of imidazole rings is 1. The van der Waals surface area contributed by atoms with Gasteiger partial charge in [-0.15, -0.1) is 0 Å². The van der Waals surface area contributed by atoms with Gasteiger partial charge >= 0.3 is 0 Å². The summed E-state index contributed by atoms with van der Waals surface area (Å²) in [6, 6.07) is 5.28. The second-order valence-electron chi connectivity index (χ2n) is 4.81. The fourth-order valence-electron chi connectivity index (χ4n) is 2.29. The Morgan fingerprint density at radius 2 is 2.00 bits per heavy atom. The number of pyridine rings is 1. The average molecular weight is 288 g/mol. The van der Waals surface area contributed by atoms with E-state index < -0.39 is 5.82 Å². The monoisotopic (exact) mass is 288 g/mol. The minimum absolute atomic E-state index is 0.330. The molecule has 0 aliphatic heterocycles. The van der Waals surface area contributed by atoms with Gasteiger partial charge in [0, 0.05) is 12.1 Å². The molecule has 21 heavy (non-hydrogen) atoms. The number of fused-ring (bicyclic) bond motifs is 1. The van der Waals surface area contributed by atoms with Crippen molar-refractivity contribution < 1.29 is 8.78 Å². The molecule has 0 saturated heterocycles. The normalized spacial score (nSPS) is 12.8. The maximum atomic E-state index is 13.5. The topological polar surface area (TPSA) is 56.7 Å². The molecule has 0 radical (unpaired) electrons. The lowest BCUT2D eigenvalue weighted by atomic mass is 10.2. The van der Waals surface area contributed by atoms with Gasteiger partial charge in [0.15, 0.2) is 0 Å². The van der Waals surface area contributed by atoms with Crippen molar-refractivity contribution in [1.29, 1.82) is 0 Å². The maximum Gasteiger partial charge on any atom is 0.143 e. The Morgan fingerprint density at radius 1 is 1.19 bits per heavy atom. The van der Waals surface area contributed by atoms with Crippen LogP contribution in [0.2, 0.25) is 0 Å². The molecule has 3 rings (SSSR count). The summed E-state index contributed by atoms with van der Waals surface area (Å²) < 4.78 is 28.6. The van der Waals surface area contributed by atoms with Crippen molar-refractivity contribution in [2.45, 2.75) is 19.4 Å². The molecule has 1 atom stereocenters. The number of halogens is 2. The van der Waals surface area contributed by atoms with Gasteiger partial charge in [0.1, 0.15) is 17.5 Å². The summed E-state index contributed by atoms with van der Waals surface area (Å²) in [4.78, 5) is 8.29. The van der Waals surface area contributed by atoms with Gasteiger partial charge < -0.3 is 5.73 Å². The molecule has 0 fully saturated rings. The zero-order chi connectivity index (χ0) is 15.0. The molecule has 2 heterocycles. The van der Waals surface area contributed by atoms with Crippen LogP contribution in [0, 0.1) is 11.6 Å². The van der Waals surface area contributed by atoms with Crippen molar-refractivity contribution in [3.05, 3.63) is 54.1 Å². The molecule has 2 N–H and O–H groups in total. The summed E-state index contributed by atoms with van der Waals surface area (Å²) in [6.45, 7) is 1.93. The fourth-order valence-corrected chi connectivity index (χ4v) is 2.29. The lowest BCUT2D eigenvalue weighted by molar-refractivity contribution is 0.614. The van der Waals surface area contributed by atoms with E-state index in [1.807, 2.05) is 6.92 Å². The fraction of sp³-hybridized carbons (Fsp3) is 0.200. The number of hydrogen-bond acceptors (Lipinski definition) is 3. The average Bonchev–Trinajstić information content (AvgIpc) is 2.85. The smallest absolute Gasteiger partial charge is 0.143 e. The van der Waals surface area contributed by atoms with Crippen LogP contribution >= 0.6 is 0 Å². The Morgan fingerprint density at radius 3 is 2.71 bits per heavy atom. The Hall–Kier alpha value is -2.34. The van der Waals surface area contributed by atoms with Crippen LogP contribution in [0.3, 0.4) is 0 Å². The molecule has 0 bridgehead atoms. The predicted octanol–water partition coefficient (Wildman–Crippen LogP) is 3.11. The van der Waals surface area contributed by atoms with Crippen molar-refractivity contribution in [2.24, 2.45) is 5.73 Å². The van der Waals surface area contributed by atoms with E-state index in [2.05, 4.69) is 9.97 Å². The van der Waals surface area contributed by atoms with E-state index in [0.29, 0.717) is 29.0 Å². The van der Waals surface area contributed by atoms with E-state index in [4.69, 9.17) is 5.73 Å². The molecular weight excluding hydrogens is 274 g/mol. The van der Waals surface area contributed by atoms with Crippen LogP contribution in [0.15, 0.2) is 36.7 Å². The molecule has 6 heteroatoms. The number of benzene rings is 1. The largest absolute Gasteiger partial charge is 0.321 e. The number of nitrogens with two attached hydrogens (primary N) is 1. The molecule has 0 spiro atoms. The molecule has 0 aliphatic carbocycles. The van der Waals surface area contributed by atoms with Crippen molar-refractivity contribution in [1.82, 2.24) is 14.5 Å². The summed E-state index contributed by atoms with van der Waals surface area (Å²) in [5, 5.41) is 0. The van der Waals surface area contributed by atoms with Gasteiger partial charge in [-0.2, -0.15) is 0 Å². The molecule has 1 unspecified atom stereocenters. The minimum atomic E-state index is -0.471. The highest BCUT2D eigenvalue weighted by molar-refractivity contribution is 5.78. The lowest BCUT2D eigenvalue weighted by Gasteiger charge is -2.13. The van der Waals surface area contributed by atoms with E-state index in [1.54, 1.807) is 10.6 Å². The lowest BCUT2D eigenvalue weighted by Crippen LogP contribution is -2.15. The van der Waals surface area contributed by atoms with E-state index in [-0.39, 0.29) is 11.9 Å². The van der Waals surface area contributed by atoms with Gasteiger partial charge in [0.2, 0.25) is 0 Å². The molecule has 0 saturated carbocycles. The molecule has 1 aromatic carbocycles. The van der Waals surface area contributed by atoms with E-state index in [0.717, 1.165) is 6.20 Å². The van der Waals surface area contributed by atoms with Crippen LogP contribution in [0.25, 0.3) is 16.7 Å². The SMILES string of the molecule is CCC(N)c1nc2ccc(F)cc2n1-c1cncc(F)c1. The third-order valence-corrected chi connectivity index (χ3v) is 3.36. The van der Waals surface area contributed by atoms with Gasteiger partial charge in [-0.05, 0) is 18.6 Å². The van der Waals surface area contributed by atoms with E-state index >= 15 is 0 Å². The highest BCUT2D eigenvalue weighted by atomic mass is 19.1. The number of rotatable bonds is 3. The van der Waals surface area contributed by atoms with Crippen molar-refractivity contribution in [2.75, 3.05) is 0 Å². The Bertz CT molecular complexity index is 797. The summed E-state index contributed by atoms with van der Waals surface area (Å²) in [5.74, 6) is -0.295. The molecule has 4 nitrogen and oxygen atoms in total. The van der Waals surface area contributed by atoms with E-state index in [9.17, 15) is 8.78 Å².